The number of hydrogen-bond acceptors (Lipinski definition) is 6. The van der Waals surface area contributed by atoms with Gasteiger partial charge in [-0.05, 0) is 49.4 Å². The molecule has 0 saturated carbocycles. The van der Waals surface area contributed by atoms with Gasteiger partial charge in [0.15, 0.2) is 0 Å². The molecule has 9 heteroatoms. The van der Waals surface area contributed by atoms with Crippen molar-refractivity contribution in [1.29, 1.82) is 0 Å². The summed E-state index contributed by atoms with van der Waals surface area (Å²) < 4.78 is 5.19. The molecule has 4 rings (SSSR count). The fraction of sp³-hybridized carbons (Fsp3) is 0.217. The van der Waals surface area contributed by atoms with Gasteiger partial charge in [0.2, 0.25) is 5.91 Å². The summed E-state index contributed by atoms with van der Waals surface area (Å²) in [5, 5.41) is 3.70. The molecule has 1 N–H and O–H groups in total. The Kier molecular flexibility index (Phi) is 6.53. The molecule has 4 aromatic rings. The van der Waals surface area contributed by atoms with Gasteiger partial charge in [-0.15, -0.1) is 11.3 Å². The number of aromatic amines is 1. The van der Waals surface area contributed by atoms with E-state index in [9.17, 15) is 9.59 Å². The van der Waals surface area contributed by atoms with Crippen LogP contribution in [-0.4, -0.2) is 39.4 Å². The normalized spacial score (nSPS) is 11.0. The quantitative estimate of drug-likeness (QED) is 0.437. The minimum absolute atomic E-state index is 0.0899. The van der Waals surface area contributed by atoms with Crippen molar-refractivity contribution in [3.8, 4) is 16.3 Å². The maximum atomic E-state index is 12.9. The number of benzene rings is 2. The number of carbonyl (C=O) groups is 1. The van der Waals surface area contributed by atoms with Gasteiger partial charge >= 0.3 is 0 Å². The Morgan fingerprint density at radius 2 is 1.97 bits per heavy atom. The van der Waals surface area contributed by atoms with Gasteiger partial charge in [0.1, 0.15) is 16.6 Å². The van der Waals surface area contributed by atoms with E-state index >= 15 is 0 Å². The number of amides is 1. The molecule has 0 bridgehead atoms. The highest BCUT2D eigenvalue weighted by molar-refractivity contribution is 7.13. The van der Waals surface area contributed by atoms with Gasteiger partial charge in [-0.2, -0.15) is 0 Å². The number of aromatic nitrogens is 3. The minimum Gasteiger partial charge on any atom is -0.497 e. The number of fused-ring (bicyclic) bond motifs is 1. The number of nitrogens with zero attached hydrogens (tertiary/aromatic N) is 3. The molecule has 0 spiro atoms. The zero-order valence-electron chi connectivity index (χ0n) is 17.6. The standard InChI is InChI=1S/C23H21ClN4O3S/c1-3-28(12-20-26-19-10-15(24)6-9-18(19)22(30)27-20)21(29)11-16-13-32-23(25-16)14-4-7-17(31-2)8-5-14/h4-10,13H,3,11-12H2,1-2H3,(H,26,27,30). The van der Waals surface area contributed by atoms with Crippen LogP contribution in [0.15, 0.2) is 52.6 Å². The highest BCUT2D eigenvalue weighted by Crippen LogP contribution is 2.26. The monoisotopic (exact) mass is 468 g/mol. The summed E-state index contributed by atoms with van der Waals surface area (Å²) in [5.74, 6) is 1.10. The topological polar surface area (TPSA) is 88.2 Å². The number of nitrogens with one attached hydrogen (secondary N) is 1. The van der Waals surface area contributed by atoms with E-state index in [1.807, 2.05) is 36.6 Å². The van der Waals surface area contributed by atoms with Crippen molar-refractivity contribution in [2.75, 3.05) is 13.7 Å². The lowest BCUT2D eigenvalue weighted by atomic mass is 10.2. The molecule has 2 heterocycles. The minimum atomic E-state index is -0.256. The summed E-state index contributed by atoms with van der Waals surface area (Å²) in [7, 11) is 1.62. The lowest BCUT2D eigenvalue weighted by Crippen LogP contribution is -2.33. The first-order valence-corrected chi connectivity index (χ1v) is 11.3. The molecule has 7 nitrogen and oxygen atoms in total. The Morgan fingerprint density at radius 3 is 2.69 bits per heavy atom. The van der Waals surface area contributed by atoms with E-state index < -0.39 is 0 Å². The van der Waals surface area contributed by atoms with Crippen LogP contribution in [0.4, 0.5) is 0 Å². The molecule has 164 valence electrons. The van der Waals surface area contributed by atoms with E-state index in [0.29, 0.717) is 34.0 Å². The van der Waals surface area contributed by atoms with Crippen molar-refractivity contribution < 1.29 is 9.53 Å². The fourth-order valence-electron chi connectivity index (χ4n) is 3.31. The van der Waals surface area contributed by atoms with E-state index in [-0.39, 0.29) is 24.4 Å². The summed E-state index contributed by atoms with van der Waals surface area (Å²) in [4.78, 5) is 38.8. The summed E-state index contributed by atoms with van der Waals surface area (Å²) in [6.07, 6.45) is 0.171. The van der Waals surface area contributed by atoms with Crippen molar-refractivity contribution in [3.05, 3.63) is 74.7 Å². The van der Waals surface area contributed by atoms with Crippen LogP contribution in [0.25, 0.3) is 21.5 Å². The van der Waals surface area contributed by atoms with E-state index in [1.54, 1.807) is 30.2 Å². The van der Waals surface area contributed by atoms with E-state index in [2.05, 4.69) is 15.0 Å². The molecule has 0 unspecified atom stereocenters. The summed E-state index contributed by atoms with van der Waals surface area (Å²) in [6.45, 7) is 2.56. The molecule has 2 aromatic carbocycles. The van der Waals surface area contributed by atoms with Crippen molar-refractivity contribution >= 4 is 39.7 Å². The van der Waals surface area contributed by atoms with Crippen LogP contribution in [0.1, 0.15) is 18.4 Å². The van der Waals surface area contributed by atoms with Crippen LogP contribution >= 0.6 is 22.9 Å². The second-order valence-corrected chi connectivity index (χ2v) is 8.43. The number of thiazole rings is 1. The molecule has 0 fully saturated rings. The Morgan fingerprint density at radius 1 is 1.19 bits per heavy atom. The highest BCUT2D eigenvalue weighted by Gasteiger charge is 2.17. The molecule has 0 aliphatic rings. The average Bonchev–Trinajstić information content (AvgIpc) is 3.25. The Labute approximate surface area is 193 Å². The lowest BCUT2D eigenvalue weighted by Gasteiger charge is -2.20. The molecule has 0 atom stereocenters. The molecular formula is C23H21ClN4O3S. The van der Waals surface area contributed by atoms with Crippen molar-refractivity contribution in [2.24, 2.45) is 0 Å². The van der Waals surface area contributed by atoms with Crippen LogP contribution < -0.4 is 10.3 Å². The number of hydrogen-bond donors (Lipinski definition) is 1. The third-order valence-corrected chi connectivity index (χ3v) is 6.19. The maximum absolute atomic E-state index is 12.9. The highest BCUT2D eigenvalue weighted by atomic mass is 35.5. The smallest absolute Gasteiger partial charge is 0.258 e. The number of likely N-dealkylation sites (N-methyl/N-ethyl adjacent to an activating group) is 1. The van der Waals surface area contributed by atoms with Crippen molar-refractivity contribution in [3.63, 3.8) is 0 Å². The Balaban J connectivity index is 1.48. The number of H-pyrrole nitrogens is 1. The number of rotatable bonds is 7. The molecule has 0 radical (unpaired) electrons. The van der Waals surface area contributed by atoms with E-state index in [4.69, 9.17) is 16.3 Å². The largest absolute Gasteiger partial charge is 0.497 e. The van der Waals surface area contributed by atoms with E-state index in [0.717, 1.165) is 16.3 Å². The van der Waals surface area contributed by atoms with Crippen LogP contribution in [0.3, 0.4) is 0 Å². The van der Waals surface area contributed by atoms with Gasteiger partial charge in [-0.1, -0.05) is 11.6 Å². The number of ether oxygens (including phenoxy) is 1. The van der Waals surface area contributed by atoms with Crippen LogP contribution in [0, 0.1) is 0 Å². The van der Waals surface area contributed by atoms with Crippen LogP contribution in [0.5, 0.6) is 5.75 Å². The number of halogens is 1. The summed E-state index contributed by atoms with van der Waals surface area (Å²) in [6, 6.07) is 12.6. The van der Waals surface area contributed by atoms with Gasteiger partial charge in [-0.3, -0.25) is 9.59 Å². The van der Waals surface area contributed by atoms with Crippen molar-refractivity contribution in [1.82, 2.24) is 19.9 Å². The maximum Gasteiger partial charge on any atom is 0.258 e. The summed E-state index contributed by atoms with van der Waals surface area (Å²) in [5.41, 5.74) is 1.92. The van der Waals surface area contributed by atoms with Gasteiger partial charge in [-0.25, -0.2) is 9.97 Å². The van der Waals surface area contributed by atoms with Crippen LogP contribution in [0.2, 0.25) is 5.02 Å². The summed E-state index contributed by atoms with van der Waals surface area (Å²) >= 11 is 7.52. The average molecular weight is 469 g/mol. The van der Waals surface area contributed by atoms with Gasteiger partial charge < -0.3 is 14.6 Å². The SMILES string of the molecule is CCN(Cc1nc2cc(Cl)ccc2c(=O)[nH]1)C(=O)Cc1csc(-c2ccc(OC)cc2)n1. The molecule has 32 heavy (non-hydrogen) atoms. The molecule has 1 amide bonds. The molecule has 0 saturated heterocycles. The molecule has 2 aromatic heterocycles. The lowest BCUT2D eigenvalue weighted by molar-refractivity contribution is -0.131. The van der Waals surface area contributed by atoms with Gasteiger partial charge in [0.25, 0.3) is 5.56 Å². The van der Waals surface area contributed by atoms with Crippen LogP contribution in [-0.2, 0) is 17.8 Å². The van der Waals surface area contributed by atoms with Crippen molar-refractivity contribution in [2.45, 2.75) is 19.9 Å². The molecular weight excluding hydrogens is 448 g/mol. The zero-order valence-corrected chi connectivity index (χ0v) is 19.2. The number of methoxy groups -OCH3 is 1. The third-order valence-electron chi connectivity index (χ3n) is 5.01. The molecule has 0 aliphatic carbocycles. The first kappa shape index (κ1) is 22.0. The third kappa shape index (κ3) is 4.81. The second kappa shape index (κ2) is 9.50. The van der Waals surface area contributed by atoms with E-state index in [1.165, 1.54) is 11.3 Å². The predicted molar refractivity (Wildman–Crippen MR) is 126 cm³/mol. The van der Waals surface area contributed by atoms with Gasteiger partial charge in [0, 0.05) is 22.5 Å². The second-order valence-electron chi connectivity index (χ2n) is 7.13. The Bertz CT molecular complexity index is 1320. The first-order valence-electron chi connectivity index (χ1n) is 10.0. The zero-order chi connectivity index (χ0) is 22.7. The fourth-order valence-corrected chi connectivity index (χ4v) is 4.31. The number of carbonyl (C=O) groups excluding carboxylic acids is 1. The first-order chi connectivity index (χ1) is 15.5. The molecule has 0 aliphatic heterocycles. The Hall–Kier alpha value is -3.23. The predicted octanol–water partition coefficient (Wildman–Crippen LogP) is 4.30. The van der Waals surface area contributed by atoms with Gasteiger partial charge in [0.05, 0.1) is 36.7 Å².